The molecule has 156 valence electrons. The van der Waals surface area contributed by atoms with Crippen LogP contribution in [0.4, 0.5) is 5.69 Å². The van der Waals surface area contributed by atoms with Crippen LogP contribution in [-0.4, -0.2) is 53.9 Å². The number of nitrogens with one attached hydrogen (secondary N) is 1. The molecule has 1 fully saturated rings. The molecule has 0 aliphatic carbocycles. The molecule has 0 unspecified atom stereocenters. The number of benzene rings is 2. The van der Waals surface area contributed by atoms with E-state index >= 15 is 0 Å². The van der Waals surface area contributed by atoms with Crippen LogP contribution >= 0.6 is 0 Å². The van der Waals surface area contributed by atoms with Crippen molar-refractivity contribution in [1.82, 2.24) is 14.7 Å². The van der Waals surface area contributed by atoms with E-state index in [1.807, 2.05) is 24.3 Å². The minimum absolute atomic E-state index is 0.0319. The van der Waals surface area contributed by atoms with Crippen molar-refractivity contribution < 1.29 is 9.53 Å². The minimum Gasteiger partial charge on any atom is -0.495 e. The summed E-state index contributed by atoms with van der Waals surface area (Å²) in [5.41, 5.74) is 0.398. The van der Waals surface area contributed by atoms with Gasteiger partial charge in [-0.1, -0.05) is 24.3 Å². The summed E-state index contributed by atoms with van der Waals surface area (Å²) in [5.74, 6) is 0.785. The molecular formula is C22H24N4O4. The van der Waals surface area contributed by atoms with E-state index in [2.05, 4.69) is 10.00 Å². The zero-order chi connectivity index (χ0) is 21.1. The number of aryl methyl sites for hydroxylation is 1. The summed E-state index contributed by atoms with van der Waals surface area (Å²) in [5, 5.41) is 3.29. The number of aromatic nitrogens is 2. The molecule has 0 spiro atoms. The Labute approximate surface area is 173 Å². The predicted octanol–water partition coefficient (Wildman–Crippen LogP) is 1.44. The molecule has 1 N–H and O–H groups in total. The van der Waals surface area contributed by atoms with E-state index in [1.54, 1.807) is 36.3 Å². The predicted molar refractivity (Wildman–Crippen MR) is 115 cm³/mol. The van der Waals surface area contributed by atoms with Gasteiger partial charge in [0.25, 0.3) is 11.1 Å². The van der Waals surface area contributed by atoms with Crippen LogP contribution in [0.1, 0.15) is 6.42 Å². The Kier molecular flexibility index (Phi) is 5.56. The van der Waals surface area contributed by atoms with E-state index in [-0.39, 0.29) is 30.0 Å². The van der Waals surface area contributed by atoms with Gasteiger partial charge in [0, 0.05) is 32.6 Å². The number of fused-ring (bicyclic) bond motifs is 1. The van der Waals surface area contributed by atoms with Gasteiger partial charge in [0.2, 0.25) is 5.91 Å². The van der Waals surface area contributed by atoms with Crippen LogP contribution in [0.25, 0.3) is 10.8 Å². The maximum absolute atomic E-state index is 12.7. The molecule has 2 heterocycles. The lowest BCUT2D eigenvalue weighted by Crippen LogP contribution is -2.49. The first kappa shape index (κ1) is 19.8. The van der Waals surface area contributed by atoms with E-state index < -0.39 is 0 Å². The number of ether oxygens (including phenoxy) is 1. The lowest BCUT2D eigenvalue weighted by molar-refractivity contribution is -0.131. The smallest absolute Gasteiger partial charge is 0.273 e. The Balaban J connectivity index is 1.39. The number of piperazine rings is 1. The second-order valence-corrected chi connectivity index (χ2v) is 7.23. The van der Waals surface area contributed by atoms with Crippen LogP contribution in [0.15, 0.2) is 58.1 Å². The summed E-state index contributed by atoms with van der Waals surface area (Å²) in [7, 11) is 1.65. The third-order valence-corrected chi connectivity index (χ3v) is 5.49. The van der Waals surface area contributed by atoms with Crippen LogP contribution in [0.5, 0.6) is 5.75 Å². The number of para-hydroxylation sites is 2. The molecule has 1 aromatic heterocycles. The fourth-order valence-electron chi connectivity index (χ4n) is 3.86. The maximum atomic E-state index is 12.7. The number of hydrogen-bond acceptors (Lipinski definition) is 5. The summed E-state index contributed by atoms with van der Waals surface area (Å²) >= 11 is 0. The normalized spacial score (nSPS) is 14.2. The topological polar surface area (TPSA) is 87.6 Å². The molecule has 3 aromatic rings. The summed E-state index contributed by atoms with van der Waals surface area (Å²) in [6.07, 6.45) is 0.156. The molecule has 0 atom stereocenters. The van der Waals surface area contributed by atoms with Gasteiger partial charge in [-0.05, 0) is 24.3 Å². The Bertz CT molecular complexity index is 1180. The standard InChI is InChI=1S/C22H24N4O4/c1-30-19-9-5-4-8-18(19)24-12-14-25(15-13-24)20(27)10-11-26-22(29)17-7-3-2-6-16(17)21(28)23-26/h2-9H,10-15H2,1H3,(H,23,28). The van der Waals surface area contributed by atoms with Crippen molar-refractivity contribution in [2.24, 2.45) is 0 Å². The second-order valence-electron chi connectivity index (χ2n) is 7.23. The largest absolute Gasteiger partial charge is 0.495 e. The number of carbonyl (C=O) groups excluding carboxylic acids is 1. The molecule has 8 nitrogen and oxygen atoms in total. The first-order valence-corrected chi connectivity index (χ1v) is 9.96. The number of nitrogens with zero attached hydrogens (tertiary/aromatic N) is 3. The second kappa shape index (κ2) is 8.44. The average Bonchev–Trinajstić information content (AvgIpc) is 2.80. The number of methoxy groups -OCH3 is 1. The number of anilines is 1. The third kappa shape index (κ3) is 3.80. The summed E-state index contributed by atoms with van der Waals surface area (Å²) in [6.45, 7) is 2.75. The SMILES string of the molecule is COc1ccccc1N1CCN(C(=O)CCn2[nH]c(=O)c3ccccc3c2=O)CC1. The van der Waals surface area contributed by atoms with Gasteiger partial charge in [0.05, 0.1) is 30.1 Å². The molecular weight excluding hydrogens is 384 g/mol. The highest BCUT2D eigenvalue weighted by Gasteiger charge is 2.23. The number of amides is 1. The molecule has 0 bridgehead atoms. The molecule has 8 heteroatoms. The van der Waals surface area contributed by atoms with Gasteiger partial charge in [-0.25, -0.2) is 4.68 Å². The van der Waals surface area contributed by atoms with E-state index in [0.717, 1.165) is 11.4 Å². The van der Waals surface area contributed by atoms with Crippen molar-refractivity contribution in [3.8, 4) is 5.75 Å². The summed E-state index contributed by atoms with van der Waals surface area (Å²) < 4.78 is 6.66. The van der Waals surface area contributed by atoms with Gasteiger partial charge < -0.3 is 14.5 Å². The van der Waals surface area contributed by atoms with Gasteiger partial charge in [-0.3, -0.25) is 19.5 Å². The quantitative estimate of drug-likeness (QED) is 0.690. The van der Waals surface area contributed by atoms with Gasteiger partial charge in [0.15, 0.2) is 0 Å². The molecule has 2 aromatic carbocycles. The van der Waals surface area contributed by atoms with Gasteiger partial charge in [-0.2, -0.15) is 0 Å². The lowest BCUT2D eigenvalue weighted by Gasteiger charge is -2.36. The van der Waals surface area contributed by atoms with Gasteiger partial charge in [0.1, 0.15) is 5.75 Å². The molecule has 0 radical (unpaired) electrons. The van der Waals surface area contributed by atoms with Crippen LogP contribution in [0, 0.1) is 0 Å². The highest BCUT2D eigenvalue weighted by Crippen LogP contribution is 2.28. The Morgan fingerprint density at radius 1 is 0.967 bits per heavy atom. The van der Waals surface area contributed by atoms with Crippen LogP contribution in [0.3, 0.4) is 0 Å². The zero-order valence-electron chi connectivity index (χ0n) is 16.8. The van der Waals surface area contributed by atoms with Crippen molar-refractivity contribution in [2.75, 3.05) is 38.2 Å². The highest BCUT2D eigenvalue weighted by molar-refractivity contribution is 5.80. The molecule has 1 aliphatic heterocycles. The van der Waals surface area contributed by atoms with Crippen LogP contribution in [-0.2, 0) is 11.3 Å². The van der Waals surface area contributed by atoms with Crippen molar-refractivity contribution in [1.29, 1.82) is 0 Å². The van der Waals surface area contributed by atoms with Crippen LogP contribution in [0.2, 0.25) is 0 Å². The fraction of sp³-hybridized carbons (Fsp3) is 0.318. The van der Waals surface area contributed by atoms with Gasteiger partial charge >= 0.3 is 0 Å². The average molecular weight is 408 g/mol. The number of H-pyrrole nitrogens is 1. The Hall–Kier alpha value is -3.55. The zero-order valence-corrected chi connectivity index (χ0v) is 16.8. The molecule has 1 saturated heterocycles. The number of carbonyl (C=O) groups is 1. The Morgan fingerprint density at radius 3 is 2.37 bits per heavy atom. The van der Waals surface area contributed by atoms with E-state index in [9.17, 15) is 14.4 Å². The van der Waals surface area contributed by atoms with Crippen molar-refractivity contribution in [3.63, 3.8) is 0 Å². The maximum Gasteiger partial charge on any atom is 0.273 e. The molecule has 1 amide bonds. The molecule has 1 aliphatic rings. The summed E-state index contributed by atoms with van der Waals surface area (Å²) in [4.78, 5) is 41.5. The monoisotopic (exact) mass is 408 g/mol. The molecule has 4 rings (SSSR count). The van der Waals surface area contributed by atoms with Gasteiger partial charge in [-0.15, -0.1) is 0 Å². The number of hydrogen-bond donors (Lipinski definition) is 1. The number of aromatic amines is 1. The molecule has 30 heavy (non-hydrogen) atoms. The van der Waals surface area contributed by atoms with Crippen molar-refractivity contribution in [2.45, 2.75) is 13.0 Å². The lowest BCUT2D eigenvalue weighted by atomic mass is 10.2. The van der Waals surface area contributed by atoms with E-state index in [1.165, 1.54) is 4.68 Å². The minimum atomic E-state index is -0.330. The fourth-order valence-corrected chi connectivity index (χ4v) is 3.86. The summed E-state index contributed by atoms with van der Waals surface area (Å²) in [6, 6.07) is 14.5. The van der Waals surface area contributed by atoms with E-state index in [0.29, 0.717) is 37.0 Å². The third-order valence-electron chi connectivity index (χ3n) is 5.49. The first-order chi connectivity index (χ1) is 14.6. The van der Waals surface area contributed by atoms with Crippen molar-refractivity contribution in [3.05, 3.63) is 69.2 Å². The van der Waals surface area contributed by atoms with Crippen molar-refractivity contribution >= 4 is 22.4 Å². The highest BCUT2D eigenvalue weighted by atomic mass is 16.5. The van der Waals surface area contributed by atoms with Crippen LogP contribution < -0.4 is 20.8 Å². The molecule has 0 saturated carbocycles. The first-order valence-electron chi connectivity index (χ1n) is 9.96. The number of rotatable bonds is 5. The van der Waals surface area contributed by atoms with E-state index in [4.69, 9.17) is 4.74 Å². The Morgan fingerprint density at radius 2 is 1.63 bits per heavy atom.